The Bertz CT molecular complexity index is 315. The van der Waals surface area contributed by atoms with Crippen molar-refractivity contribution >= 4 is 11.9 Å². The molecule has 8 heteroatoms. The highest BCUT2D eigenvalue weighted by molar-refractivity contribution is 5.69. The van der Waals surface area contributed by atoms with Crippen LogP contribution in [0.1, 0.15) is 19.3 Å². The van der Waals surface area contributed by atoms with Gasteiger partial charge in [0.05, 0.1) is 20.0 Å². The number of ether oxygens (including phenoxy) is 1. The van der Waals surface area contributed by atoms with Crippen LogP contribution >= 0.6 is 0 Å². The fraction of sp³-hybridized carbons (Fsp3) is 0.800. The summed E-state index contributed by atoms with van der Waals surface area (Å²) < 4.78 is 4.52. The molecule has 0 heterocycles. The van der Waals surface area contributed by atoms with Gasteiger partial charge >= 0.3 is 11.9 Å². The molecule has 0 bridgehead atoms. The summed E-state index contributed by atoms with van der Waals surface area (Å²) in [5, 5.41) is 12.0. The van der Waals surface area contributed by atoms with Crippen LogP contribution in [0.3, 0.4) is 0 Å². The lowest BCUT2D eigenvalue weighted by atomic mass is 10.3. The third-order valence-electron chi connectivity index (χ3n) is 2.30. The van der Waals surface area contributed by atoms with E-state index in [0.29, 0.717) is 32.6 Å². The minimum atomic E-state index is -0.881. The monoisotopic (exact) mass is 258 g/mol. The first-order valence-corrected chi connectivity index (χ1v) is 5.62. The first-order chi connectivity index (χ1) is 8.60. The maximum Gasteiger partial charge on any atom is 0.306 e. The predicted octanol–water partition coefficient (Wildman–Crippen LogP) is 1.03. The zero-order chi connectivity index (χ0) is 13.8. The van der Waals surface area contributed by atoms with Gasteiger partial charge in [-0.05, 0) is 18.5 Å². The molecule has 0 atom stereocenters. The largest absolute Gasteiger partial charge is 0.481 e. The normalized spacial score (nSPS) is 9.89. The van der Waals surface area contributed by atoms with Gasteiger partial charge in [0.1, 0.15) is 0 Å². The van der Waals surface area contributed by atoms with Gasteiger partial charge in [0.2, 0.25) is 0 Å². The number of azide groups is 1. The van der Waals surface area contributed by atoms with Crippen LogP contribution in [0.4, 0.5) is 0 Å². The summed E-state index contributed by atoms with van der Waals surface area (Å²) in [7, 11) is 1.31. The summed E-state index contributed by atoms with van der Waals surface area (Å²) in [6.07, 6.45) is 0.866. The van der Waals surface area contributed by atoms with Crippen molar-refractivity contribution < 1.29 is 19.4 Å². The zero-order valence-corrected chi connectivity index (χ0v) is 10.4. The number of carboxylic acid groups (broad SMARTS) is 1. The lowest BCUT2D eigenvalue weighted by Crippen LogP contribution is -2.30. The Labute approximate surface area is 105 Å². The number of esters is 1. The Hall–Kier alpha value is -1.79. The molecule has 0 aromatic heterocycles. The molecule has 0 rings (SSSR count). The number of carbonyl (C=O) groups is 2. The number of nitrogens with zero attached hydrogens (tertiary/aromatic N) is 4. The lowest BCUT2D eigenvalue weighted by molar-refractivity contribution is -0.140. The summed E-state index contributed by atoms with van der Waals surface area (Å²) >= 11 is 0. The van der Waals surface area contributed by atoms with Crippen molar-refractivity contribution in [3.63, 3.8) is 0 Å². The van der Waals surface area contributed by atoms with Crippen molar-refractivity contribution in [2.24, 2.45) is 5.11 Å². The van der Waals surface area contributed by atoms with Gasteiger partial charge in [-0.1, -0.05) is 5.11 Å². The summed E-state index contributed by atoms with van der Waals surface area (Å²) in [6, 6.07) is 0. The van der Waals surface area contributed by atoms with Crippen LogP contribution in [0.2, 0.25) is 0 Å². The Balaban J connectivity index is 4.01. The van der Waals surface area contributed by atoms with E-state index in [-0.39, 0.29) is 18.8 Å². The molecule has 0 aromatic rings. The summed E-state index contributed by atoms with van der Waals surface area (Å²) in [5.74, 6) is -1.21. The highest BCUT2D eigenvalue weighted by atomic mass is 16.5. The maximum absolute atomic E-state index is 11.0. The lowest BCUT2D eigenvalue weighted by Gasteiger charge is -2.20. The van der Waals surface area contributed by atoms with E-state index in [1.165, 1.54) is 7.11 Å². The molecule has 0 radical (unpaired) electrons. The second kappa shape index (κ2) is 10.4. The third-order valence-corrected chi connectivity index (χ3v) is 2.30. The quantitative estimate of drug-likeness (QED) is 0.206. The zero-order valence-electron chi connectivity index (χ0n) is 10.4. The van der Waals surface area contributed by atoms with Gasteiger partial charge in [0, 0.05) is 24.5 Å². The Morgan fingerprint density at radius 3 is 2.56 bits per heavy atom. The molecule has 0 amide bonds. The van der Waals surface area contributed by atoms with E-state index in [1.54, 1.807) is 0 Å². The van der Waals surface area contributed by atoms with Gasteiger partial charge in [-0.2, -0.15) is 0 Å². The fourth-order valence-corrected chi connectivity index (χ4v) is 1.35. The summed E-state index contributed by atoms with van der Waals surface area (Å²) in [5.41, 5.74) is 8.12. The van der Waals surface area contributed by atoms with E-state index in [2.05, 4.69) is 14.8 Å². The molecule has 1 N–H and O–H groups in total. The second-order valence-corrected chi connectivity index (χ2v) is 3.62. The molecule has 0 saturated heterocycles. The molecule has 0 saturated carbocycles. The Morgan fingerprint density at radius 1 is 1.33 bits per heavy atom. The minimum absolute atomic E-state index is 0.0166. The Kier molecular flexibility index (Phi) is 9.34. The number of hydrogen-bond donors (Lipinski definition) is 1. The molecular formula is C10H18N4O4. The average Bonchev–Trinajstić information content (AvgIpc) is 2.36. The average molecular weight is 258 g/mol. The molecule has 0 aliphatic rings. The Morgan fingerprint density at radius 2 is 2.00 bits per heavy atom. The van der Waals surface area contributed by atoms with Crippen molar-refractivity contribution in [3.8, 4) is 0 Å². The van der Waals surface area contributed by atoms with E-state index >= 15 is 0 Å². The highest BCUT2D eigenvalue weighted by Crippen LogP contribution is 1.98. The maximum atomic E-state index is 11.0. The second-order valence-electron chi connectivity index (χ2n) is 3.62. The van der Waals surface area contributed by atoms with E-state index in [0.717, 1.165) is 0 Å². The molecule has 0 aliphatic carbocycles. The van der Waals surface area contributed by atoms with Crippen LogP contribution in [0.15, 0.2) is 5.11 Å². The molecule has 0 spiro atoms. The SMILES string of the molecule is COC(=O)CCN(CCCN=[N+]=[N-])CCC(=O)O. The van der Waals surface area contributed by atoms with Gasteiger partial charge in [0.15, 0.2) is 0 Å². The van der Waals surface area contributed by atoms with Gasteiger partial charge in [-0.3, -0.25) is 9.59 Å². The molecule has 18 heavy (non-hydrogen) atoms. The number of carboxylic acids is 1. The van der Waals surface area contributed by atoms with Crippen molar-refractivity contribution in [2.75, 3.05) is 33.3 Å². The first-order valence-electron chi connectivity index (χ1n) is 5.62. The van der Waals surface area contributed by atoms with Crippen molar-refractivity contribution in [1.82, 2.24) is 4.90 Å². The van der Waals surface area contributed by atoms with Crippen LogP contribution in [-0.2, 0) is 14.3 Å². The smallest absolute Gasteiger partial charge is 0.306 e. The summed E-state index contributed by atoms with van der Waals surface area (Å²) in [6.45, 7) is 1.75. The van der Waals surface area contributed by atoms with Crippen molar-refractivity contribution in [2.45, 2.75) is 19.3 Å². The number of hydrogen-bond acceptors (Lipinski definition) is 5. The topological polar surface area (TPSA) is 116 Å². The van der Waals surface area contributed by atoms with Crippen LogP contribution in [0.25, 0.3) is 10.4 Å². The number of rotatable bonds is 10. The van der Waals surface area contributed by atoms with Crippen LogP contribution in [0, 0.1) is 0 Å². The highest BCUT2D eigenvalue weighted by Gasteiger charge is 2.09. The standard InChI is InChI=1S/C10H18N4O4/c1-18-10(17)4-8-14(7-3-9(15)16)6-2-5-12-13-11/h2-8H2,1H3,(H,15,16). The van der Waals surface area contributed by atoms with E-state index < -0.39 is 5.97 Å². The fourth-order valence-electron chi connectivity index (χ4n) is 1.35. The minimum Gasteiger partial charge on any atom is -0.481 e. The number of methoxy groups -OCH3 is 1. The molecule has 0 aromatic carbocycles. The van der Waals surface area contributed by atoms with Crippen molar-refractivity contribution in [3.05, 3.63) is 10.4 Å². The van der Waals surface area contributed by atoms with Gasteiger partial charge < -0.3 is 14.7 Å². The molecule has 0 aliphatic heterocycles. The number of aliphatic carboxylic acids is 1. The predicted molar refractivity (Wildman–Crippen MR) is 64.0 cm³/mol. The van der Waals surface area contributed by atoms with Crippen LogP contribution < -0.4 is 0 Å². The molecule has 0 fully saturated rings. The summed E-state index contributed by atoms with van der Waals surface area (Å²) in [4.78, 5) is 26.0. The van der Waals surface area contributed by atoms with Gasteiger partial charge in [-0.25, -0.2) is 0 Å². The van der Waals surface area contributed by atoms with E-state index in [4.69, 9.17) is 10.6 Å². The number of carbonyl (C=O) groups excluding carboxylic acids is 1. The van der Waals surface area contributed by atoms with Crippen LogP contribution in [-0.4, -0.2) is 55.2 Å². The van der Waals surface area contributed by atoms with E-state index in [1.807, 2.05) is 4.90 Å². The van der Waals surface area contributed by atoms with Gasteiger partial charge in [-0.15, -0.1) is 0 Å². The van der Waals surface area contributed by atoms with Crippen molar-refractivity contribution in [1.29, 1.82) is 0 Å². The molecule has 0 unspecified atom stereocenters. The van der Waals surface area contributed by atoms with Crippen LogP contribution in [0.5, 0.6) is 0 Å². The first kappa shape index (κ1) is 16.2. The van der Waals surface area contributed by atoms with E-state index in [9.17, 15) is 9.59 Å². The van der Waals surface area contributed by atoms with Gasteiger partial charge in [0.25, 0.3) is 0 Å². The molecular weight excluding hydrogens is 240 g/mol. The molecule has 8 nitrogen and oxygen atoms in total. The third kappa shape index (κ3) is 9.44. The molecule has 102 valence electrons.